The lowest BCUT2D eigenvalue weighted by Crippen LogP contribution is -2.33. The van der Waals surface area contributed by atoms with Gasteiger partial charge in [0.15, 0.2) is 7.29 Å². The van der Waals surface area contributed by atoms with Crippen molar-refractivity contribution in [3.05, 3.63) is 71.8 Å². The predicted octanol–water partition coefficient (Wildman–Crippen LogP) is 4.60. The summed E-state index contributed by atoms with van der Waals surface area (Å²) in [7, 11) is -2.97. The van der Waals surface area contributed by atoms with Gasteiger partial charge in [0.05, 0.1) is 11.3 Å². The summed E-state index contributed by atoms with van der Waals surface area (Å²) >= 11 is 0. The molecule has 0 bridgehead atoms. The third-order valence-corrected chi connectivity index (χ3v) is 8.53. The van der Waals surface area contributed by atoms with Crippen molar-refractivity contribution in [1.82, 2.24) is 5.09 Å². The molecule has 0 unspecified atom stereocenters. The van der Waals surface area contributed by atoms with E-state index >= 15 is 0 Å². The molecule has 1 aliphatic heterocycles. The molecule has 24 heavy (non-hydrogen) atoms. The SMILES string of the molecule is C[C@H](NP1(=O)[C@H](c2ccccc2)CC[C@H]1c1ccccc1)C(=O)O. The molecule has 0 saturated carbocycles. The smallest absolute Gasteiger partial charge is 0.320 e. The van der Waals surface area contributed by atoms with E-state index in [0.29, 0.717) is 0 Å². The van der Waals surface area contributed by atoms with Gasteiger partial charge in [0.1, 0.15) is 6.04 Å². The van der Waals surface area contributed by atoms with Gasteiger partial charge in [0.2, 0.25) is 0 Å². The van der Waals surface area contributed by atoms with Crippen LogP contribution in [0.4, 0.5) is 0 Å². The fourth-order valence-electron chi connectivity index (χ4n) is 3.58. The van der Waals surface area contributed by atoms with E-state index in [2.05, 4.69) is 5.09 Å². The van der Waals surface area contributed by atoms with Gasteiger partial charge in [-0.25, -0.2) is 0 Å². The molecule has 3 rings (SSSR count). The summed E-state index contributed by atoms with van der Waals surface area (Å²) in [4.78, 5) is 11.3. The molecule has 2 aromatic carbocycles. The Morgan fingerprint density at radius 1 is 1.00 bits per heavy atom. The molecule has 1 heterocycles. The number of aliphatic carboxylic acids is 1. The van der Waals surface area contributed by atoms with E-state index in [1.165, 1.54) is 0 Å². The summed E-state index contributed by atoms with van der Waals surface area (Å²) < 4.78 is 14.0. The average molecular weight is 343 g/mol. The monoisotopic (exact) mass is 343 g/mol. The predicted molar refractivity (Wildman–Crippen MR) is 95.4 cm³/mol. The minimum absolute atomic E-state index is 0.147. The minimum Gasteiger partial charge on any atom is -0.480 e. The third kappa shape index (κ3) is 3.17. The Hall–Kier alpha value is -1.90. The number of hydrogen-bond donors (Lipinski definition) is 2. The largest absolute Gasteiger partial charge is 0.480 e. The van der Waals surface area contributed by atoms with Crippen molar-refractivity contribution in [2.75, 3.05) is 0 Å². The van der Waals surface area contributed by atoms with Crippen molar-refractivity contribution < 1.29 is 14.5 Å². The van der Waals surface area contributed by atoms with Crippen molar-refractivity contribution in [2.24, 2.45) is 0 Å². The van der Waals surface area contributed by atoms with Gasteiger partial charge in [-0.1, -0.05) is 60.7 Å². The van der Waals surface area contributed by atoms with Gasteiger partial charge in [0.25, 0.3) is 0 Å². The van der Waals surface area contributed by atoms with Crippen molar-refractivity contribution in [3.8, 4) is 0 Å². The second kappa shape index (κ2) is 6.92. The third-order valence-electron chi connectivity index (χ3n) is 4.77. The molecular formula is C19H22NO3P. The van der Waals surface area contributed by atoms with E-state index in [-0.39, 0.29) is 11.3 Å². The maximum absolute atomic E-state index is 14.0. The molecule has 0 aliphatic carbocycles. The van der Waals surface area contributed by atoms with Crippen LogP contribution in [0.15, 0.2) is 60.7 Å². The van der Waals surface area contributed by atoms with Crippen LogP contribution in [0.5, 0.6) is 0 Å². The van der Waals surface area contributed by atoms with Gasteiger partial charge >= 0.3 is 5.97 Å². The zero-order chi connectivity index (χ0) is 17.2. The van der Waals surface area contributed by atoms with E-state index in [0.717, 1.165) is 24.0 Å². The number of nitrogens with one attached hydrogen (secondary N) is 1. The molecule has 5 heteroatoms. The number of hydrogen-bond acceptors (Lipinski definition) is 2. The van der Waals surface area contributed by atoms with E-state index in [1.54, 1.807) is 6.92 Å². The molecule has 0 radical (unpaired) electrons. The van der Waals surface area contributed by atoms with Gasteiger partial charge in [-0.15, -0.1) is 0 Å². The quantitative estimate of drug-likeness (QED) is 0.779. The summed E-state index contributed by atoms with van der Waals surface area (Å²) in [6.45, 7) is 1.56. The van der Waals surface area contributed by atoms with E-state index < -0.39 is 19.3 Å². The normalized spacial score (nSPS) is 23.7. The molecule has 1 aliphatic rings. The zero-order valence-electron chi connectivity index (χ0n) is 13.6. The standard InChI is InChI=1S/C19H22NO3P/c1-14(19(21)22)20-24(23)17(15-8-4-2-5-9-15)12-13-18(24)16-10-6-3-7-11-16/h2-11,14,17-18H,12-13H2,1H3,(H,20,23)(H,21,22)/t14-,17-,18-/m0/s1. The van der Waals surface area contributed by atoms with Crippen LogP contribution in [0.2, 0.25) is 0 Å². The first-order valence-corrected chi connectivity index (χ1v) is 10.1. The number of benzene rings is 2. The Balaban J connectivity index is 2.01. The average Bonchev–Trinajstić information content (AvgIpc) is 2.93. The number of rotatable bonds is 5. The number of carboxylic acid groups (broad SMARTS) is 1. The molecule has 126 valence electrons. The van der Waals surface area contributed by atoms with Gasteiger partial charge in [-0.3, -0.25) is 9.88 Å². The van der Waals surface area contributed by atoms with Crippen molar-refractivity contribution >= 4 is 13.3 Å². The maximum Gasteiger partial charge on any atom is 0.320 e. The molecular weight excluding hydrogens is 321 g/mol. The topological polar surface area (TPSA) is 66.4 Å². The number of carboxylic acids is 1. The first-order valence-electron chi connectivity index (χ1n) is 8.22. The first kappa shape index (κ1) is 16.9. The van der Waals surface area contributed by atoms with Crippen molar-refractivity contribution in [2.45, 2.75) is 37.1 Å². The molecule has 1 saturated heterocycles. The van der Waals surface area contributed by atoms with Crippen LogP contribution in [0.25, 0.3) is 0 Å². The molecule has 2 aromatic rings. The maximum atomic E-state index is 14.0. The Labute approximate surface area is 142 Å². The lowest BCUT2D eigenvalue weighted by Gasteiger charge is -2.29. The minimum atomic E-state index is -2.97. The van der Waals surface area contributed by atoms with Gasteiger partial charge < -0.3 is 9.67 Å². The second-order valence-corrected chi connectivity index (χ2v) is 9.25. The number of carbonyl (C=O) groups is 1. The summed E-state index contributed by atoms with van der Waals surface area (Å²) in [5.41, 5.74) is 1.74. The Morgan fingerprint density at radius 2 is 1.42 bits per heavy atom. The molecule has 0 amide bonds. The van der Waals surface area contributed by atoms with Crippen molar-refractivity contribution in [1.29, 1.82) is 0 Å². The van der Waals surface area contributed by atoms with Crippen LogP contribution in [0, 0.1) is 0 Å². The zero-order valence-corrected chi connectivity index (χ0v) is 14.5. The lowest BCUT2D eigenvalue weighted by atomic mass is 10.0. The van der Waals surface area contributed by atoms with E-state index in [9.17, 15) is 14.5 Å². The Bertz CT molecular complexity index is 696. The summed E-state index contributed by atoms with van der Waals surface area (Å²) in [6, 6.07) is 18.7. The molecule has 3 atom stereocenters. The Morgan fingerprint density at radius 3 is 1.79 bits per heavy atom. The summed E-state index contributed by atoms with van der Waals surface area (Å²) in [6.07, 6.45) is 1.58. The molecule has 4 nitrogen and oxygen atoms in total. The van der Waals surface area contributed by atoms with Crippen LogP contribution in [0.1, 0.15) is 42.2 Å². The second-order valence-electron chi connectivity index (χ2n) is 6.33. The Kier molecular flexibility index (Phi) is 4.88. The van der Waals surface area contributed by atoms with Crippen LogP contribution >= 0.6 is 7.29 Å². The molecule has 2 N–H and O–H groups in total. The van der Waals surface area contributed by atoms with Crippen molar-refractivity contribution in [3.63, 3.8) is 0 Å². The van der Waals surface area contributed by atoms with Crippen LogP contribution in [0.3, 0.4) is 0 Å². The summed E-state index contributed by atoms with van der Waals surface area (Å²) in [5.74, 6) is -0.976. The highest BCUT2D eigenvalue weighted by molar-refractivity contribution is 7.63. The first-order chi connectivity index (χ1) is 11.5. The van der Waals surface area contributed by atoms with Crippen LogP contribution in [-0.2, 0) is 9.36 Å². The highest BCUT2D eigenvalue weighted by atomic mass is 31.2. The molecule has 0 aromatic heterocycles. The highest BCUT2D eigenvalue weighted by Crippen LogP contribution is 2.74. The summed E-state index contributed by atoms with van der Waals surface area (Å²) in [5, 5.41) is 12.3. The van der Waals surface area contributed by atoms with E-state index in [4.69, 9.17) is 0 Å². The van der Waals surface area contributed by atoms with Crippen LogP contribution in [-0.4, -0.2) is 17.1 Å². The van der Waals surface area contributed by atoms with E-state index in [1.807, 2.05) is 60.7 Å². The van der Waals surface area contributed by atoms with Crippen LogP contribution < -0.4 is 5.09 Å². The van der Waals surface area contributed by atoms with Gasteiger partial charge in [-0.2, -0.15) is 0 Å². The lowest BCUT2D eigenvalue weighted by molar-refractivity contribution is -0.138. The fourth-order valence-corrected chi connectivity index (χ4v) is 7.39. The highest BCUT2D eigenvalue weighted by Gasteiger charge is 2.48. The van der Waals surface area contributed by atoms with Gasteiger partial charge in [0, 0.05) is 0 Å². The van der Waals surface area contributed by atoms with Gasteiger partial charge in [-0.05, 0) is 30.9 Å². The fraction of sp³-hybridized carbons (Fsp3) is 0.316. The molecule has 0 spiro atoms. The molecule has 1 fully saturated rings.